The third-order valence-corrected chi connectivity index (χ3v) is 1.90. The molecule has 6 heteroatoms. The number of anilines is 1. The van der Waals surface area contributed by atoms with E-state index in [4.69, 9.17) is 16.3 Å². The number of nitrogens with zero attached hydrogens (tertiary/aromatic N) is 2. The standard InChI is InChI=1S/C9H13ClFN3O/c1-3-15-6(2)4-12-8-7(11)5-13-9(10)14-8/h5-6H,3-4H2,1-2H3,(H,12,13,14). The van der Waals surface area contributed by atoms with E-state index in [1.807, 2.05) is 13.8 Å². The summed E-state index contributed by atoms with van der Waals surface area (Å²) in [4.78, 5) is 7.23. The lowest BCUT2D eigenvalue weighted by atomic mass is 10.4. The molecule has 0 spiro atoms. The maximum absolute atomic E-state index is 13.1. The molecular weight excluding hydrogens is 221 g/mol. The largest absolute Gasteiger partial charge is 0.377 e. The molecule has 0 aliphatic rings. The Kier molecular flexibility index (Phi) is 4.71. The smallest absolute Gasteiger partial charge is 0.224 e. The van der Waals surface area contributed by atoms with Gasteiger partial charge < -0.3 is 10.1 Å². The van der Waals surface area contributed by atoms with Crippen LogP contribution in [-0.4, -0.2) is 29.2 Å². The van der Waals surface area contributed by atoms with Crippen LogP contribution in [0, 0.1) is 5.82 Å². The molecule has 1 rings (SSSR count). The molecule has 0 aliphatic heterocycles. The lowest BCUT2D eigenvalue weighted by Crippen LogP contribution is -2.20. The van der Waals surface area contributed by atoms with Gasteiger partial charge in [-0.25, -0.2) is 9.37 Å². The predicted molar refractivity (Wildman–Crippen MR) is 56.6 cm³/mol. The van der Waals surface area contributed by atoms with Crippen molar-refractivity contribution in [2.75, 3.05) is 18.5 Å². The molecule has 1 aromatic rings. The average molecular weight is 234 g/mol. The minimum Gasteiger partial charge on any atom is -0.377 e. The van der Waals surface area contributed by atoms with Crippen LogP contribution in [-0.2, 0) is 4.74 Å². The zero-order chi connectivity index (χ0) is 11.3. The first-order valence-corrected chi connectivity index (χ1v) is 5.04. The summed E-state index contributed by atoms with van der Waals surface area (Å²) in [6.07, 6.45) is 1.02. The summed E-state index contributed by atoms with van der Waals surface area (Å²) < 4.78 is 18.4. The lowest BCUT2D eigenvalue weighted by Gasteiger charge is -2.13. The molecule has 0 fully saturated rings. The Hall–Kier alpha value is -0.940. The fraction of sp³-hybridized carbons (Fsp3) is 0.556. The molecule has 0 radical (unpaired) electrons. The SMILES string of the molecule is CCOC(C)CNc1nc(Cl)ncc1F. The minimum absolute atomic E-state index is 0.0110. The van der Waals surface area contributed by atoms with Crippen molar-refractivity contribution in [1.82, 2.24) is 9.97 Å². The number of halogens is 2. The van der Waals surface area contributed by atoms with E-state index >= 15 is 0 Å². The van der Waals surface area contributed by atoms with E-state index in [0.717, 1.165) is 6.20 Å². The van der Waals surface area contributed by atoms with Crippen molar-refractivity contribution in [2.45, 2.75) is 20.0 Å². The highest BCUT2D eigenvalue weighted by atomic mass is 35.5. The van der Waals surface area contributed by atoms with Crippen LogP contribution in [0.25, 0.3) is 0 Å². The van der Waals surface area contributed by atoms with Gasteiger partial charge in [0.15, 0.2) is 11.6 Å². The van der Waals surface area contributed by atoms with Gasteiger partial charge in [0, 0.05) is 13.2 Å². The van der Waals surface area contributed by atoms with Crippen LogP contribution >= 0.6 is 11.6 Å². The fourth-order valence-corrected chi connectivity index (χ4v) is 1.19. The van der Waals surface area contributed by atoms with Gasteiger partial charge in [-0.1, -0.05) is 0 Å². The molecule has 0 aromatic carbocycles. The highest BCUT2D eigenvalue weighted by Crippen LogP contribution is 2.11. The van der Waals surface area contributed by atoms with Crippen molar-refractivity contribution in [3.63, 3.8) is 0 Å². The van der Waals surface area contributed by atoms with Gasteiger partial charge in [-0.2, -0.15) is 4.98 Å². The van der Waals surface area contributed by atoms with E-state index in [1.54, 1.807) is 0 Å². The predicted octanol–water partition coefficient (Wildman–Crippen LogP) is 2.11. The Morgan fingerprint density at radius 1 is 1.67 bits per heavy atom. The molecule has 84 valence electrons. The number of hydrogen-bond donors (Lipinski definition) is 1. The number of rotatable bonds is 5. The molecule has 1 aromatic heterocycles. The van der Waals surface area contributed by atoms with Gasteiger partial charge >= 0.3 is 0 Å². The number of nitrogens with one attached hydrogen (secondary N) is 1. The maximum Gasteiger partial charge on any atom is 0.224 e. The Morgan fingerprint density at radius 2 is 2.40 bits per heavy atom. The maximum atomic E-state index is 13.1. The molecule has 15 heavy (non-hydrogen) atoms. The summed E-state index contributed by atoms with van der Waals surface area (Å²) >= 11 is 5.53. The molecule has 4 nitrogen and oxygen atoms in total. The summed E-state index contributed by atoms with van der Waals surface area (Å²) in [5.41, 5.74) is 0. The second-order valence-electron chi connectivity index (χ2n) is 2.98. The van der Waals surface area contributed by atoms with Crippen molar-refractivity contribution >= 4 is 17.4 Å². The van der Waals surface area contributed by atoms with Gasteiger partial charge in [-0.05, 0) is 25.4 Å². The molecule has 0 bridgehead atoms. The third kappa shape index (κ3) is 3.97. The third-order valence-electron chi connectivity index (χ3n) is 1.72. The van der Waals surface area contributed by atoms with Crippen LogP contribution in [0.2, 0.25) is 5.28 Å². The monoisotopic (exact) mass is 233 g/mol. The first-order chi connectivity index (χ1) is 7.13. The topological polar surface area (TPSA) is 47.0 Å². The normalized spacial score (nSPS) is 12.5. The first-order valence-electron chi connectivity index (χ1n) is 4.67. The van der Waals surface area contributed by atoms with E-state index < -0.39 is 5.82 Å². The second kappa shape index (κ2) is 5.82. The van der Waals surface area contributed by atoms with Crippen molar-refractivity contribution in [3.05, 3.63) is 17.3 Å². The summed E-state index contributed by atoms with van der Waals surface area (Å²) in [6, 6.07) is 0. The number of hydrogen-bond acceptors (Lipinski definition) is 4. The molecule has 0 saturated carbocycles. The highest BCUT2D eigenvalue weighted by molar-refractivity contribution is 6.28. The zero-order valence-electron chi connectivity index (χ0n) is 8.63. The molecule has 1 N–H and O–H groups in total. The van der Waals surface area contributed by atoms with Crippen molar-refractivity contribution in [2.24, 2.45) is 0 Å². The van der Waals surface area contributed by atoms with Crippen LogP contribution in [0.4, 0.5) is 10.2 Å². The lowest BCUT2D eigenvalue weighted by molar-refractivity contribution is 0.0854. The van der Waals surface area contributed by atoms with Crippen molar-refractivity contribution in [1.29, 1.82) is 0 Å². The van der Waals surface area contributed by atoms with Gasteiger partial charge in [-0.3, -0.25) is 0 Å². The Bertz CT molecular complexity index is 324. The summed E-state index contributed by atoms with van der Waals surface area (Å²) in [5, 5.41) is 2.82. The van der Waals surface area contributed by atoms with Crippen LogP contribution in [0.15, 0.2) is 6.20 Å². The van der Waals surface area contributed by atoms with Crippen LogP contribution in [0.1, 0.15) is 13.8 Å². The van der Waals surface area contributed by atoms with Crippen molar-refractivity contribution in [3.8, 4) is 0 Å². The summed E-state index contributed by atoms with van der Waals surface area (Å²) in [6.45, 7) is 4.88. The van der Waals surface area contributed by atoms with Crippen LogP contribution in [0.5, 0.6) is 0 Å². The van der Waals surface area contributed by atoms with Crippen LogP contribution < -0.4 is 5.32 Å². The fourth-order valence-electron chi connectivity index (χ4n) is 1.05. The van der Waals surface area contributed by atoms with E-state index in [0.29, 0.717) is 13.2 Å². The average Bonchev–Trinajstić information content (AvgIpc) is 2.20. The van der Waals surface area contributed by atoms with E-state index in [2.05, 4.69) is 15.3 Å². The zero-order valence-corrected chi connectivity index (χ0v) is 9.38. The minimum atomic E-state index is -0.525. The molecule has 1 heterocycles. The van der Waals surface area contributed by atoms with Gasteiger partial charge in [0.1, 0.15) is 0 Å². The number of aromatic nitrogens is 2. The summed E-state index contributed by atoms with van der Waals surface area (Å²) in [7, 11) is 0. The van der Waals surface area contributed by atoms with Gasteiger partial charge in [0.25, 0.3) is 0 Å². The van der Waals surface area contributed by atoms with Gasteiger partial charge in [0.2, 0.25) is 5.28 Å². The molecule has 0 saturated heterocycles. The quantitative estimate of drug-likeness (QED) is 0.792. The molecule has 0 aliphatic carbocycles. The van der Waals surface area contributed by atoms with Crippen molar-refractivity contribution < 1.29 is 9.13 Å². The molecular formula is C9H13ClFN3O. The molecule has 1 atom stereocenters. The summed E-state index contributed by atoms with van der Waals surface area (Å²) in [5.74, 6) is -0.426. The highest BCUT2D eigenvalue weighted by Gasteiger charge is 2.07. The first kappa shape index (κ1) is 12.1. The second-order valence-corrected chi connectivity index (χ2v) is 3.32. The van der Waals surface area contributed by atoms with E-state index in [1.165, 1.54) is 0 Å². The van der Waals surface area contributed by atoms with E-state index in [9.17, 15) is 4.39 Å². The Morgan fingerprint density at radius 3 is 3.07 bits per heavy atom. The Labute approximate surface area is 92.8 Å². The van der Waals surface area contributed by atoms with Gasteiger partial charge in [-0.15, -0.1) is 0 Å². The Balaban J connectivity index is 2.53. The molecule has 0 amide bonds. The van der Waals surface area contributed by atoms with E-state index in [-0.39, 0.29) is 17.2 Å². The number of ether oxygens (including phenoxy) is 1. The van der Waals surface area contributed by atoms with Gasteiger partial charge in [0.05, 0.1) is 12.3 Å². The van der Waals surface area contributed by atoms with Crippen LogP contribution in [0.3, 0.4) is 0 Å². The molecule has 1 unspecified atom stereocenters.